The molecule has 0 fully saturated rings. The Morgan fingerprint density at radius 3 is 0.871 bits per heavy atom. The van der Waals surface area contributed by atoms with Crippen LogP contribution in [-0.4, -0.2) is 113 Å². The van der Waals surface area contributed by atoms with Crippen LogP contribution < -0.4 is 60.3 Å². The molecule has 0 spiro atoms. The Bertz CT molecular complexity index is 5430. The predicted molar refractivity (Wildman–Crippen MR) is 448 cm³/mol. The number of amides is 6. The minimum absolute atomic E-state index is 0. The van der Waals surface area contributed by atoms with Gasteiger partial charge in [-0.15, -0.1) is 79.0 Å². The summed E-state index contributed by atoms with van der Waals surface area (Å²) in [5, 5.41) is 44.4. The molecule has 2 atom stereocenters. The molecule has 0 bridgehead atoms. The normalized spacial score (nSPS) is 12.2. The Morgan fingerprint density at radius 1 is 0.341 bits per heavy atom. The van der Waals surface area contributed by atoms with E-state index in [1.54, 1.807) is 135 Å². The van der Waals surface area contributed by atoms with Gasteiger partial charge in [0, 0.05) is 49.3 Å². The summed E-state index contributed by atoms with van der Waals surface area (Å²) in [5.74, 6) is -7.92. The second kappa shape index (κ2) is 45.7. The van der Waals surface area contributed by atoms with Gasteiger partial charge < -0.3 is 80.6 Å². The van der Waals surface area contributed by atoms with Crippen LogP contribution in [0.4, 0.5) is 93.4 Å². The molecule has 0 saturated heterocycles. The average Bonchev–Trinajstić information content (AvgIpc) is 0.885. The lowest BCUT2D eigenvalue weighted by Crippen LogP contribution is -2.55. The average molecular weight is 1870 g/mol. The number of para-hydroxylation sites is 1. The number of nitrogens with one attached hydrogen (secondary N) is 7. The third-order valence-electron chi connectivity index (χ3n) is 18.9. The van der Waals surface area contributed by atoms with Gasteiger partial charge in [-0.3, -0.25) is 4.79 Å². The number of hydrogen-bond donors (Lipinski definition) is 10. The Morgan fingerprint density at radius 2 is 0.606 bits per heavy atom. The molecule has 6 amide bonds. The third kappa shape index (κ3) is 32.6. The molecule has 0 aliphatic rings. The first kappa shape index (κ1) is 106. The molecule has 11 aromatic rings. The molecule has 1 aromatic heterocycles. The topological polar surface area (TPSA) is 306 Å². The zero-order valence-corrected chi connectivity index (χ0v) is 67.1. The number of carboxylic acids is 3. The molecule has 0 aliphatic heterocycles. The van der Waals surface area contributed by atoms with Gasteiger partial charge in [0.25, 0.3) is 0 Å². The number of carboxylic acid groups (broad SMARTS) is 3. The number of carbonyl (C=O) groups excluding carboxylic acids is 3. The first-order valence-corrected chi connectivity index (χ1v) is 38.3. The van der Waals surface area contributed by atoms with E-state index in [1.807, 2.05) is 0 Å². The highest BCUT2D eigenvalue weighted by Gasteiger charge is 2.45. The van der Waals surface area contributed by atoms with Crippen LogP contribution in [0.15, 0.2) is 267 Å². The Kier molecular flexibility index (Phi) is 36.8. The molecule has 22 nitrogen and oxygen atoms in total. The Balaban J connectivity index is 0.000000303. The summed E-state index contributed by atoms with van der Waals surface area (Å²) in [5.41, 5.74) is -2.53. The van der Waals surface area contributed by atoms with Crippen molar-refractivity contribution in [1.82, 2.24) is 36.9 Å². The van der Waals surface area contributed by atoms with Crippen molar-refractivity contribution in [2.45, 2.75) is 142 Å². The van der Waals surface area contributed by atoms with Crippen molar-refractivity contribution in [2.75, 3.05) is 6.54 Å². The highest BCUT2D eigenvalue weighted by Crippen LogP contribution is 2.44. The third-order valence-corrected chi connectivity index (χ3v) is 18.9. The molecule has 10 aromatic carbocycles. The molecule has 708 valence electrons. The quantitative estimate of drug-likeness (QED) is 0.0175. The SMILES string of the molecule is C.C.C.CC(C)C[C@@H](NC(=O)NC(Cc1ccccc1)(c1cccc(OC(F)(F)F)c1)c1cccc(OC(F)(F)F)c1)C(=O)O.O=C(N[C@@H](Cc1c[nH]c2ccccc12)C(=O)O)NC(Cc1ccccc1)(c1cccc(OC(F)(F)F)c1)c1cccc(OC(F)(F)F)c1.O=C(O)CCNC(=O)NC(Cc1ccccc1)(c1cccc(OC(F)(F)F)c1)c1cccc(OC(F)(F)F)c1. The molecule has 0 unspecified atom stereocenters. The lowest BCUT2D eigenvalue weighted by molar-refractivity contribution is -0.275. The Hall–Kier alpha value is -14.5. The van der Waals surface area contributed by atoms with Crippen molar-refractivity contribution in [2.24, 2.45) is 5.92 Å². The summed E-state index contributed by atoms with van der Waals surface area (Å²) in [6.07, 6.45) is -29.8. The molecule has 10 N–H and O–H groups in total. The second-order valence-electron chi connectivity index (χ2n) is 28.9. The minimum Gasteiger partial charge on any atom is -0.481 e. The molecule has 0 saturated carbocycles. The maximum absolute atomic E-state index is 13.8. The van der Waals surface area contributed by atoms with Gasteiger partial charge >= 0.3 is 74.2 Å². The second-order valence-corrected chi connectivity index (χ2v) is 28.9. The largest absolute Gasteiger partial charge is 0.573 e. The van der Waals surface area contributed by atoms with Gasteiger partial charge in [0.1, 0.15) is 46.6 Å². The van der Waals surface area contributed by atoms with E-state index < -0.39 is 144 Å². The lowest BCUT2D eigenvalue weighted by Gasteiger charge is -2.37. The van der Waals surface area contributed by atoms with Crippen molar-refractivity contribution in [3.63, 3.8) is 0 Å². The molecule has 132 heavy (non-hydrogen) atoms. The van der Waals surface area contributed by atoms with Crippen LogP contribution in [0.5, 0.6) is 34.5 Å². The summed E-state index contributed by atoms with van der Waals surface area (Å²) in [4.78, 5) is 78.3. The fourth-order valence-electron chi connectivity index (χ4n) is 13.8. The van der Waals surface area contributed by atoms with Gasteiger partial charge in [0.05, 0.1) is 23.0 Å². The van der Waals surface area contributed by atoms with Crippen molar-refractivity contribution in [3.05, 3.63) is 323 Å². The number of ether oxygens (including phenoxy) is 6. The Labute approximate surface area is 743 Å². The number of rotatable bonds is 32. The maximum atomic E-state index is 13.8. The fourth-order valence-corrected chi connectivity index (χ4v) is 13.8. The van der Waals surface area contributed by atoms with Crippen molar-refractivity contribution < 1.29 is 152 Å². The molecular formula is C92H89F18N7O15. The molecule has 40 heteroatoms. The van der Waals surface area contributed by atoms with E-state index in [0.29, 0.717) is 22.3 Å². The van der Waals surface area contributed by atoms with Gasteiger partial charge in [0.15, 0.2) is 0 Å². The zero-order chi connectivity index (χ0) is 94.3. The van der Waals surface area contributed by atoms with Gasteiger partial charge in [0.2, 0.25) is 0 Å². The maximum Gasteiger partial charge on any atom is 0.573 e. The van der Waals surface area contributed by atoms with E-state index in [-0.39, 0.29) is 100 Å². The van der Waals surface area contributed by atoms with Gasteiger partial charge in [-0.2, -0.15) is 0 Å². The molecule has 11 rings (SSSR count). The number of carbonyl (C=O) groups is 6. The van der Waals surface area contributed by atoms with E-state index in [0.717, 1.165) is 83.7 Å². The predicted octanol–water partition coefficient (Wildman–Crippen LogP) is 21.9. The highest BCUT2D eigenvalue weighted by molar-refractivity contribution is 5.87. The molecule has 1 heterocycles. The van der Waals surface area contributed by atoms with Crippen LogP contribution in [0.2, 0.25) is 0 Å². The van der Waals surface area contributed by atoms with E-state index >= 15 is 0 Å². The fraction of sp³-hybridized carbons (Fsp3) is 0.261. The number of hydrogen-bond acceptors (Lipinski definition) is 12. The van der Waals surface area contributed by atoms with E-state index in [2.05, 4.69) is 65.3 Å². The van der Waals surface area contributed by atoms with Gasteiger partial charge in [-0.25, -0.2) is 24.0 Å². The van der Waals surface area contributed by atoms with Crippen LogP contribution in [0.1, 0.15) is 105 Å². The molecule has 0 radical (unpaired) electrons. The van der Waals surface area contributed by atoms with E-state index in [9.17, 15) is 118 Å². The number of aromatic nitrogens is 1. The van der Waals surface area contributed by atoms with Crippen LogP contribution >= 0.6 is 0 Å². The highest BCUT2D eigenvalue weighted by atomic mass is 19.4. The van der Waals surface area contributed by atoms with Crippen LogP contribution in [0.3, 0.4) is 0 Å². The standard InChI is InChI=1S/C34H27F6N3O5.C29H28F6N2O5.C26H22F6N2O5.3CH4/c35-33(36,37)47-25-12-6-10-23(17-25)32(19-21-8-2-1-3-9-21,24-11-7-13-26(18-24)48-34(38,39)40)43-31(46)42-29(30(44)45)16-22-20-41-28-15-5-4-14-27(22)28;1-18(2)14-24(25(38)39)36-26(40)37-27(17-19-8-4-3-5-9-19,20-10-6-12-22(15-20)41-28(30,31)32)21-11-7-13-23(16-21)42-29(33,34)35;27-25(28,29)38-20-10-4-8-18(14-20)24(16-17-6-2-1-3-7-17,34-23(37)33-13-12-22(35)36)19-9-5-11-21(15-19)39-26(30,31)32;;;/h1-15,17-18,20,29,41H,16,19H2,(H,44,45)(H2,42,43,46);3-13,15-16,18,24H,14,17H2,1-2H3,(H,38,39)(H2,36,37,40);1-11,14-15H,12-13,16H2,(H,35,36)(H2,33,34,37);3*1H4/t29-;24-;;;;/m01..../s1. The van der Waals surface area contributed by atoms with Gasteiger partial charge in [-0.1, -0.05) is 218 Å². The number of halogens is 18. The number of benzene rings is 10. The number of aromatic amines is 1. The number of alkyl halides is 18. The van der Waals surface area contributed by atoms with Crippen molar-refractivity contribution in [3.8, 4) is 34.5 Å². The lowest BCUT2D eigenvalue weighted by atomic mass is 9.77. The molecule has 0 aliphatic carbocycles. The smallest absolute Gasteiger partial charge is 0.481 e. The first-order chi connectivity index (χ1) is 60.5. The monoisotopic (exact) mass is 1870 g/mol. The van der Waals surface area contributed by atoms with Gasteiger partial charge in [-0.05, 0) is 147 Å². The summed E-state index contributed by atoms with van der Waals surface area (Å²) in [7, 11) is 0. The summed E-state index contributed by atoms with van der Waals surface area (Å²) in [6.45, 7) is 3.19. The first-order valence-electron chi connectivity index (χ1n) is 38.3. The number of urea groups is 3. The summed E-state index contributed by atoms with van der Waals surface area (Å²) >= 11 is 0. The number of fused-ring (bicyclic) bond motifs is 1. The zero-order valence-electron chi connectivity index (χ0n) is 67.1. The van der Waals surface area contributed by atoms with Crippen molar-refractivity contribution in [1.29, 1.82) is 0 Å². The van der Waals surface area contributed by atoms with Crippen LogP contribution in [0.25, 0.3) is 10.9 Å². The number of aliphatic carboxylic acids is 3. The van der Waals surface area contributed by atoms with Crippen molar-refractivity contribution >= 4 is 46.9 Å². The van der Waals surface area contributed by atoms with Crippen LogP contribution in [0, 0.1) is 5.92 Å². The molecular weight excluding hydrogens is 1790 g/mol. The van der Waals surface area contributed by atoms with Crippen LogP contribution in [-0.2, 0) is 56.7 Å². The van der Waals surface area contributed by atoms with E-state index in [4.69, 9.17) is 5.11 Å². The van der Waals surface area contributed by atoms with E-state index in [1.165, 1.54) is 72.8 Å². The minimum atomic E-state index is -5.08. The summed E-state index contributed by atoms with van der Waals surface area (Å²) < 4.78 is 261. The number of H-pyrrole nitrogens is 1. The summed E-state index contributed by atoms with van der Waals surface area (Å²) in [6, 6.07) is 54.0.